The SMILES string of the molecule is COCCNS(=O)(=O)NOC1CCCC1. The van der Waals surface area contributed by atoms with E-state index in [4.69, 9.17) is 9.57 Å². The van der Waals surface area contributed by atoms with Gasteiger partial charge in [-0.3, -0.25) is 4.84 Å². The van der Waals surface area contributed by atoms with E-state index in [1.54, 1.807) is 0 Å². The Morgan fingerprint density at radius 2 is 2.00 bits per heavy atom. The van der Waals surface area contributed by atoms with Crippen LogP contribution >= 0.6 is 0 Å². The summed E-state index contributed by atoms with van der Waals surface area (Å²) in [6.45, 7) is 0.574. The van der Waals surface area contributed by atoms with Crippen molar-refractivity contribution < 1.29 is 18.0 Å². The average molecular weight is 238 g/mol. The molecule has 2 N–H and O–H groups in total. The van der Waals surface area contributed by atoms with Gasteiger partial charge in [0.05, 0.1) is 12.7 Å². The zero-order chi connectivity index (χ0) is 11.1. The van der Waals surface area contributed by atoms with Gasteiger partial charge >= 0.3 is 0 Å². The molecule has 0 aromatic rings. The van der Waals surface area contributed by atoms with Gasteiger partial charge in [-0.15, -0.1) is 0 Å². The van der Waals surface area contributed by atoms with Crippen molar-refractivity contribution in [2.75, 3.05) is 20.3 Å². The van der Waals surface area contributed by atoms with Gasteiger partial charge in [-0.25, -0.2) is 0 Å². The van der Waals surface area contributed by atoms with Gasteiger partial charge in [0.25, 0.3) is 10.2 Å². The monoisotopic (exact) mass is 238 g/mol. The van der Waals surface area contributed by atoms with E-state index < -0.39 is 10.2 Å². The second kappa shape index (κ2) is 6.39. The normalized spacial score (nSPS) is 18.5. The minimum absolute atomic E-state index is 0.0176. The second-order valence-electron chi connectivity index (χ2n) is 3.50. The molecule has 0 spiro atoms. The highest BCUT2D eigenvalue weighted by Gasteiger charge is 2.18. The van der Waals surface area contributed by atoms with Gasteiger partial charge in [-0.1, -0.05) is 17.7 Å². The van der Waals surface area contributed by atoms with Crippen molar-refractivity contribution in [3.8, 4) is 0 Å². The van der Waals surface area contributed by atoms with E-state index in [0.29, 0.717) is 6.61 Å². The Balaban J connectivity index is 2.17. The Morgan fingerprint density at radius 1 is 1.33 bits per heavy atom. The molecule has 0 saturated heterocycles. The van der Waals surface area contributed by atoms with Crippen LogP contribution in [0, 0.1) is 0 Å². The molecule has 6 nitrogen and oxygen atoms in total. The van der Waals surface area contributed by atoms with Gasteiger partial charge in [0, 0.05) is 13.7 Å². The molecule has 1 aliphatic carbocycles. The predicted molar refractivity (Wildman–Crippen MR) is 55.3 cm³/mol. The number of nitrogens with one attached hydrogen (secondary N) is 2. The summed E-state index contributed by atoms with van der Waals surface area (Å²) < 4.78 is 29.5. The van der Waals surface area contributed by atoms with Crippen LogP contribution in [0.5, 0.6) is 0 Å². The lowest BCUT2D eigenvalue weighted by Gasteiger charge is -2.12. The van der Waals surface area contributed by atoms with Crippen LogP contribution in [0.2, 0.25) is 0 Å². The van der Waals surface area contributed by atoms with Crippen molar-refractivity contribution in [2.24, 2.45) is 0 Å². The Morgan fingerprint density at radius 3 is 2.60 bits per heavy atom. The van der Waals surface area contributed by atoms with Crippen LogP contribution < -0.4 is 9.61 Å². The summed E-state index contributed by atoms with van der Waals surface area (Å²) in [5.74, 6) is 0. The van der Waals surface area contributed by atoms with Crippen molar-refractivity contribution in [3.63, 3.8) is 0 Å². The highest BCUT2D eigenvalue weighted by Crippen LogP contribution is 2.19. The van der Waals surface area contributed by atoms with E-state index in [9.17, 15) is 8.42 Å². The Labute approximate surface area is 90.5 Å². The number of ether oxygens (including phenoxy) is 1. The molecule has 1 rings (SSSR count). The minimum atomic E-state index is -3.54. The molecule has 0 aromatic carbocycles. The average Bonchev–Trinajstić information content (AvgIpc) is 2.68. The zero-order valence-corrected chi connectivity index (χ0v) is 9.68. The van der Waals surface area contributed by atoms with Crippen molar-refractivity contribution in [1.82, 2.24) is 9.61 Å². The summed E-state index contributed by atoms with van der Waals surface area (Å²) in [6, 6.07) is 0. The Bertz CT molecular complexity index is 262. The van der Waals surface area contributed by atoms with E-state index in [0.717, 1.165) is 25.7 Å². The van der Waals surface area contributed by atoms with Crippen LogP contribution in [0.25, 0.3) is 0 Å². The molecule has 0 amide bonds. The Kier molecular flexibility index (Phi) is 5.48. The van der Waals surface area contributed by atoms with Crippen LogP contribution in [-0.4, -0.2) is 34.8 Å². The van der Waals surface area contributed by atoms with Crippen LogP contribution in [0.15, 0.2) is 0 Å². The maximum absolute atomic E-state index is 11.3. The van der Waals surface area contributed by atoms with E-state index in [-0.39, 0.29) is 12.6 Å². The number of rotatable bonds is 7. The number of methoxy groups -OCH3 is 1. The highest BCUT2D eigenvalue weighted by atomic mass is 32.2. The number of hydrogen-bond donors (Lipinski definition) is 2. The molecule has 0 unspecified atom stereocenters. The lowest BCUT2D eigenvalue weighted by atomic mass is 10.3. The van der Waals surface area contributed by atoms with E-state index in [1.807, 2.05) is 0 Å². The van der Waals surface area contributed by atoms with E-state index in [1.165, 1.54) is 7.11 Å². The third-order valence-corrected chi connectivity index (χ3v) is 3.12. The van der Waals surface area contributed by atoms with Crippen LogP contribution in [0.1, 0.15) is 25.7 Å². The summed E-state index contributed by atoms with van der Waals surface area (Å²) in [6.07, 6.45) is 4.05. The van der Waals surface area contributed by atoms with Gasteiger partial charge < -0.3 is 4.74 Å². The third-order valence-electron chi connectivity index (χ3n) is 2.22. The molecule has 1 saturated carbocycles. The third kappa shape index (κ3) is 5.43. The summed E-state index contributed by atoms with van der Waals surface area (Å²) in [4.78, 5) is 7.12. The first-order valence-electron chi connectivity index (χ1n) is 5.05. The first kappa shape index (κ1) is 12.9. The molecule has 7 heteroatoms. The van der Waals surface area contributed by atoms with Crippen molar-refractivity contribution in [3.05, 3.63) is 0 Å². The summed E-state index contributed by atoms with van der Waals surface area (Å²) in [5, 5.41) is 0. The molecular weight excluding hydrogens is 220 g/mol. The zero-order valence-electron chi connectivity index (χ0n) is 8.86. The molecule has 1 fully saturated rings. The smallest absolute Gasteiger partial charge is 0.299 e. The Hall–Kier alpha value is -0.210. The first-order valence-corrected chi connectivity index (χ1v) is 6.53. The summed E-state index contributed by atoms with van der Waals surface area (Å²) in [5.41, 5.74) is 0. The van der Waals surface area contributed by atoms with Crippen molar-refractivity contribution in [1.29, 1.82) is 0 Å². The quantitative estimate of drug-likeness (QED) is 0.481. The predicted octanol–water partition coefficient (Wildman–Crippen LogP) is -0.0690. The van der Waals surface area contributed by atoms with Crippen molar-refractivity contribution >= 4 is 10.2 Å². The molecule has 1 aliphatic rings. The van der Waals surface area contributed by atoms with Gasteiger partial charge in [0.1, 0.15) is 0 Å². The topological polar surface area (TPSA) is 76.7 Å². The standard InChI is InChI=1S/C8H18N2O4S/c1-13-7-6-9-15(11,12)10-14-8-4-2-3-5-8/h8-10H,2-7H2,1H3. The highest BCUT2D eigenvalue weighted by molar-refractivity contribution is 7.87. The molecule has 0 aliphatic heterocycles. The molecule has 0 heterocycles. The summed E-state index contributed by atoms with van der Waals surface area (Å²) in [7, 11) is -2.03. The lowest BCUT2D eigenvalue weighted by Crippen LogP contribution is -2.39. The fourth-order valence-electron chi connectivity index (χ4n) is 1.45. The maximum Gasteiger partial charge on any atom is 0.299 e. The van der Waals surface area contributed by atoms with Gasteiger partial charge in [0.15, 0.2) is 0 Å². The second-order valence-corrected chi connectivity index (χ2v) is 4.96. The minimum Gasteiger partial charge on any atom is -0.383 e. The fourth-order valence-corrected chi connectivity index (χ4v) is 2.12. The van der Waals surface area contributed by atoms with Crippen molar-refractivity contribution in [2.45, 2.75) is 31.8 Å². The van der Waals surface area contributed by atoms with Crippen LogP contribution in [0.3, 0.4) is 0 Å². The molecule has 90 valence electrons. The maximum atomic E-state index is 11.3. The van der Waals surface area contributed by atoms with Gasteiger partial charge in [-0.2, -0.15) is 13.1 Å². The molecule has 0 atom stereocenters. The van der Waals surface area contributed by atoms with Crippen LogP contribution in [-0.2, 0) is 19.8 Å². The van der Waals surface area contributed by atoms with Crippen LogP contribution in [0.4, 0.5) is 0 Å². The van der Waals surface area contributed by atoms with E-state index >= 15 is 0 Å². The van der Waals surface area contributed by atoms with E-state index in [2.05, 4.69) is 9.61 Å². The molecular formula is C8H18N2O4S. The molecule has 0 radical (unpaired) electrons. The van der Waals surface area contributed by atoms with Gasteiger partial charge in [0.2, 0.25) is 0 Å². The summed E-state index contributed by atoms with van der Waals surface area (Å²) >= 11 is 0. The molecule has 0 aromatic heterocycles. The molecule has 0 bridgehead atoms. The van der Waals surface area contributed by atoms with Gasteiger partial charge in [-0.05, 0) is 12.8 Å². The fraction of sp³-hybridized carbons (Fsp3) is 1.00. The first-order chi connectivity index (χ1) is 7.14. The largest absolute Gasteiger partial charge is 0.383 e. The lowest BCUT2D eigenvalue weighted by molar-refractivity contribution is 0.0215. The molecule has 15 heavy (non-hydrogen) atoms. The number of hydrogen-bond acceptors (Lipinski definition) is 4.